The third kappa shape index (κ3) is 1.92. The van der Waals surface area contributed by atoms with Crippen LogP contribution in [0.25, 0.3) is 0 Å². The van der Waals surface area contributed by atoms with Gasteiger partial charge in [0.15, 0.2) is 5.75 Å². The Morgan fingerprint density at radius 3 is 2.58 bits per heavy atom. The van der Waals surface area contributed by atoms with E-state index in [1.165, 1.54) is 18.2 Å². The van der Waals surface area contributed by atoms with E-state index in [0.29, 0.717) is 5.56 Å². The molecule has 0 amide bonds. The number of aromatic hydroxyl groups is 1. The summed E-state index contributed by atoms with van der Waals surface area (Å²) in [5, 5.41) is 8.97. The molecule has 0 saturated carbocycles. The molecule has 0 fully saturated rings. The van der Waals surface area contributed by atoms with E-state index in [1.54, 1.807) is 6.07 Å². The van der Waals surface area contributed by atoms with Gasteiger partial charge in [-0.25, -0.2) is 0 Å². The minimum atomic E-state index is -0.438. The lowest BCUT2D eigenvalue weighted by molar-refractivity contribution is -0.107. The van der Waals surface area contributed by atoms with Gasteiger partial charge in [0, 0.05) is 6.42 Å². The molecule has 3 nitrogen and oxygen atoms in total. The van der Waals surface area contributed by atoms with Crippen molar-refractivity contribution in [2.75, 3.05) is 0 Å². The Bertz CT molecular complexity index is 344. The Kier molecular flexibility index (Phi) is 2.58. The van der Waals surface area contributed by atoms with Crippen LogP contribution in [0.2, 0.25) is 0 Å². The fourth-order valence-corrected chi connectivity index (χ4v) is 0.824. The van der Waals surface area contributed by atoms with Gasteiger partial charge in [0.25, 0.3) is 0 Å². The molecule has 0 aromatic heterocycles. The summed E-state index contributed by atoms with van der Waals surface area (Å²) in [6, 6.07) is 5.61. The van der Waals surface area contributed by atoms with E-state index in [9.17, 15) is 9.59 Å². The standard InChI is InChI=1S/C9H8O3/c10-6-5-7-1-3-8(11)9(12)4-2-7/h1-4,6H,5H2,(H,11,12). The normalized spacial score (nSPS) is 9.33. The van der Waals surface area contributed by atoms with E-state index in [2.05, 4.69) is 0 Å². The van der Waals surface area contributed by atoms with Gasteiger partial charge in [-0.1, -0.05) is 12.1 Å². The van der Waals surface area contributed by atoms with E-state index >= 15 is 0 Å². The van der Waals surface area contributed by atoms with Crippen molar-refractivity contribution in [2.24, 2.45) is 0 Å². The van der Waals surface area contributed by atoms with Gasteiger partial charge in [0.2, 0.25) is 5.43 Å². The fourth-order valence-electron chi connectivity index (χ4n) is 0.824. The first-order chi connectivity index (χ1) is 5.74. The van der Waals surface area contributed by atoms with Gasteiger partial charge in [0.05, 0.1) is 0 Å². The quantitative estimate of drug-likeness (QED) is 0.647. The highest BCUT2D eigenvalue weighted by atomic mass is 16.3. The molecule has 3 heteroatoms. The first-order valence-corrected chi connectivity index (χ1v) is 3.50. The smallest absolute Gasteiger partial charge is 0.220 e. The second-order valence-electron chi connectivity index (χ2n) is 2.36. The van der Waals surface area contributed by atoms with Crippen LogP contribution in [-0.2, 0) is 11.2 Å². The van der Waals surface area contributed by atoms with Crippen molar-refractivity contribution in [1.82, 2.24) is 0 Å². The second kappa shape index (κ2) is 3.67. The molecule has 0 bridgehead atoms. The van der Waals surface area contributed by atoms with E-state index < -0.39 is 5.43 Å². The van der Waals surface area contributed by atoms with Crippen molar-refractivity contribution >= 4 is 6.29 Å². The van der Waals surface area contributed by atoms with Gasteiger partial charge in [0.1, 0.15) is 6.29 Å². The van der Waals surface area contributed by atoms with Gasteiger partial charge in [-0.3, -0.25) is 4.79 Å². The minimum absolute atomic E-state index is 0.257. The molecule has 0 atom stereocenters. The predicted molar refractivity (Wildman–Crippen MR) is 44.1 cm³/mol. The van der Waals surface area contributed by atoms with Gasteiger partial charge >= 0.3 is 0 Å². The number of hydrogen-bond acceptors (Lipinski definition) is 3. The summed E-state index contributed by atoms with van der Waals surface area (Å²) in [6.45, 7) is 0. The lowest BCUT2D eigenvalue weighted by Crippen LogP contribution is -1.91. The molecule has 0 spiro atoms. The Labute approximate surface area is 69.3 Å². The molecule has 1 rings (SSSR count). The number of aldehydes is 1. The lowest BCUT2D eigenvalue weighted by Gasteiger charge is -1.84. The van der Waals surface area contributed by atoms with Crippen LogP contribution >= 0.6 is 0 Å². The predicted octanol–water partition coefficient (Wildman–Crippen LogP) is 0.494. The highest BCUT2D eigenvalue weighted by Gasteiger charge is 1.93. The fraction of sp³-hybridized carbons (Fsp3) is 0.111. The summed E-state index contributed by atoms with van der Waals surface area (Å²) in [6.07, 6.45) is 1.00. The van der Waals surface area contributed by atoms with Crippen LogP contribution in [0.1, 0.15) is 5.56 Å². The van der Waals surface area contributed by atoms with Crippen molar-refractivity contribution in [3.05, 3.63) is 40.1 Å². The van der Waals surface area contributed by atoms with Gasteiger partial charge in [-0.2, -0.15) is 0 Å². The highest BCUT2D eigenvalue weighted by Crippen LogP contribution is 2.01. The molecule has 0 radical (unpaired) electrons. The highest BCUT2D eigenvalue weighted by molar-refractivity contribution is 5.54. The summed E-state index contributed by atoms with van der Waals surface area (Å²) < 4.78 is 0. The Balaban J connectivity index is 3.16. The number of hydrogen-bond donors (Lipinski definition) is 1. The van der Waals surface area contributed by atoms with Crippen molar-refractivity contribution in [3.63, 3.8) is 0 Å². The van der Waals surface area contributed by atoms with Gasteiger partial charge < -0.3 is 9.90 Å². The van der Waals surface area contributed by atoms with Crippen LogP contribution in [0.4, 0.5) is 0 Å². The zero-order valence-electron chi connectivity index (χ0n) is 6.36. The number of carbonyl (C=O) groups is 1. The zero-order valence-corrected chi connectivity index (χ0v) is 6.36. The van der Waals surface area contributed by atoms with E-state index in [-0.39, 0.29) is 12.2 Å². The van der Waals surface area contributed by atoms with Crippen LogP contribution in [0.5, 0.6) is 5.75 Å². The minimum Gasteiger partial charge on any atom is -0.504 e. The maximum atomic E-state index is 10.8. The molecule has 1 aromatic carbocycles. The summed E-state index contributed by atoms with van der Waals surface area (Å²) in [5.41, 5.74) is 0.273. The molecule has 0 aliphatic rings. The Morgan fingerprint density at radius 1 is 1.25 bits per heavy atom. The summed E-state index contributed by atoms with van der Waals surface area (Å²) >= 11 is 0. The van der Waals surface area contributed by atoms with Crippen LogP contribution < -0.4 is 5.43 Å². The Hall–Kier alpha value is -1.64. The average molecular weight is 164 g/mol. The molecular weight excluding hydrogens is 156 g/mol. The van der Waals surface area contributed by atoms with Crippen LogP contribution in [0.15, 0.2) is 29.1 Å². The average Bonchev–Trinajstić information content (AvgIpc) is 2.20. The van der Waals surface area contributed by atoms with Gasteiger partial charge in [-0.15, -0.1) is 0 Å². The van der Waals surface area contributed by atoms with Gasteiger partial charge in [-0.05, 0) is 17.7 Å². The molecule has 0 heterocycles. The van der Waals surface area contributed by atoms with Crippen LogP contribution in [0.3, 0.4) is 0 Å². The van der Waals surface area contributed by atoms with E-state index in [1.807, 2.05) is 0 Å². The number of carbonyl (C=O) groups excluding carboxylic acids is 1. The zero-order chi connectivity index (χ0) is 8.97. The van der Waals surface area contributed by atoms with Crippen molar-refractivity contribution in [3.8, 4) is 5.75 Å². The SMILES string of the molecule is O=CCc1ccc(O)c(=O)cc1. The van der Waals surface area contributed by atoms with Crippen LogP contribution in [-0.4, -0.2) is 11.4 Å². The second-order valence-corrected chi connectivity index (χ2v) is 2.36. The van der Waals surface area contributed by atoms with Crippen molar-refractivity contribution < 1.29 is 9.90 Å². The summed E-state index contributed by atoms with van der Waals surface area (Å²) in [7, 11) is 0. The molecule has 12 heavy (non-hydrogen) atoms. The summed E-state index contributed by atoms with van der Waals surface area (Å²) in [4.78, 5) is 20.9. The molecule has 62 valence electrons. The molecule has 0 saturated heterocycles. The monoisotopic (exact) mass is 164 g/mol. The topological polar surface area (TPSA) is 54.4 Å². The maximum absolute atomic E-state index is 10.8. The summed E-state index contributed by atoms with van der Waals surface area (Å²) in [5.74, 6) is -0.299. The molecule has 0 unspecified atom stereocenters. The largest absolute Gasteiger partial charge is 0.504 e. The van der Waals surface area contributed by atoms with E-state index in [0.717, 1.165) is 6.29 Å². The first-order valence-electron chi connectivity index (χ1n) is 3.50. The van der Waals surface area contributed by atoms with Crippen molar-refractivity contribution in [2.45, 2.75) is 6.42 Å². The molecular formula is C9H8O3. The molecule has 0 aliphatic heterocycles. The van der Waals surface area contributed by atoms with E-state index in [4.69, 9.17) is 5.11 Å². The Morgan fingerprint density at radius 2 is 1.92 bits per heavy atom. The third-order valence-electron chi connectivity index (χ3n) is 1.48. The maximum Gasteiger partial charge on any atom is 0.220 e. The van der Waals surface area contributed by atoms with Crippen LogP contribution in [0, 0.1) is 0 Å². The van der Waals surface area contributed by atoms with Crippen molar-refractivity contribution in [1.29, 1.82) is 0 Å². The third-order valence-corrected chi connectivity index (χ3v) is 1.48. The first kappa shape index (κ1) is 8.46. The molecule has 1 aromatic rings. The molecule has 1 N–H and O–H groups in total. The number of rotatable bonds is 2. The molecule has 0 aliphatic carbocycles. The lowest BCUT2D eigenvalue weighted by atomic mass is 10.2.